The quantitative estimate of drug-likeness (QED) is 0.800. The lowest BCUT2D eigenvalue weighted by Crippen LogP contribution is -1.96. The Balaban J connectivity index is 2.19. The fourth-order valence-electron chi connectivity index (χ4n) is 2.07. The number of rotatable bonds is 3. The van der Waals surface area contributed by atoms with Crippen LogP contribution in [0.15, 0.2) is 54.9 Å². The molecule has 3 rings (SSSR count). The van der Waals surface area contributed by atoms with E-state index in [-0.39, 0.29) is 5.69 Å². The van der Waals surface area contributed by atoms with E-state index in [4.69, 9.17) is 5.11 Å². The number of carboxylic acids is 1. The second-order valence-corrected chi connectivity index (χ2v) is 4.65. The van der Waals surface area contributed by atoms with Crippen LogP contribution in [-0.2, 0) is 0 Å². The van der Waals surface area contributed by atoms with Crippen LogP contribution in [0.5, 0.6) is 0 Å². The highest BCUT2D eigenvalue weighted by molar-refractivity contribution is 5.86. The number of aromatic carboxylic acids is 1. The molecule has 0 aliphatic heterocycles. The lowest BCUT2D eigenvalue weighted by molar-refractivity contribution is 0.0691. The average molecular weight is 279 g/mol. The molecule has 0 bridgehead atoms. The molecule has 0 fully saturated rings. The molecule has 2 aromatic heterocycles. The first-order chi connectivity index (χ1) is 10.1. The number of hydrogen-bond acceptors (Lipinski definition) is 3. The zero-order chi connectivity index (χ0) is 14.8. The summed E-state index contributed by atoms with van der Waals surface area (Å²) >= 11 is 0. The smallest absolute Gasteiger partial charge is 0.356 e. The number of nitrogens with zero attached hydrogens (tertiary/aromatic N) is 3. The summed E-state index contributed by atoms with van der Waals surface area (Å²) in [6, 6.07) is 13.3. The van der Waals surface area contributed by atoms with Crippen LogP contribution in [0.1, 0.15) is 16.2 Å². The van der Waals surface area contributed by atoms with Gasteiger partial charge in [-0.1, -0.05) is 18.2 Å². The standard InChI is InChI=1S/C16H13N3O2/c1-11-7-8-12(9-17-11)15-18-14(16(20)21)10-19(15)13-5-3-2-4-6-13/h2-10H,1H3,(H,20,21). The maximum Gasteiger partial charge on any atom is 0.356 e. The van der Waals surface area contributed by atoms with Crippen molar-refractivity contribution in [2.45, 2.75) is 6.92 Å². The monoisotopic (exact) mass is 279 g/mol. The number of pyridine rings is 1. The van der Waals surface area contributed by atoms with Gasteiger partial charge in [0.05, 0.1) is 0 Å². The molecule has 0 spiro atoms. The third-order valence-electron chi connectivity index (χ3n) is 3.13. The summed E-state index contributed by atoms with van der Waals surface area (Å²) in [7, 11) is 0. The van der Waals surface area contributed by atoms with Gasteiger partial charge in [-0.05, 0) is 31.2 Å². The average Bonchev–Trinajstić information content (AvgIpc) is 2.94. The Bertz CT molecular complexity index is 777. The molecule has 104 valence electrons. The minimum atomic E-state index is -1.05. The van der Waals surface area contributed by atoms with Gasteiger partial charge in [-0.3, -0.25) is 9.55 Å². The van der Waals surface area contributed by atoms with Crippen LogP contribution in [0.25, 0.3) is 17.1 Å². The van der Waals surface area contributed by atoms with Gasteiger partial charge in [0.2, 0.25) is 0 Å². The van der Waals surface area contributed by atoms with Crippen LogP contribution in [0.4, 0.5) is 0 Å². The highest BCUT2D eigenvalue weighted by atomic mass is 16.4. The first kappa shape index (κ1) is 13.1. The van der Waals surface area contributed by atoms with E-state index in [9.17, 15) is 4.79 Å². The molecule has 1 N–H and O–H groups in total. The molecule has 0 radical (unpaired) electrons. The lowest BCUT2D eigenvalue weighted by atomic mass is 10.2. The van der Waals surface area contributed by atoms with E-state index in [2.05, 4.69) is 9.97 Å². The minimum absolute atomic E-state index is 0.00873. The number of carboxylic acid groups (broad SMARTS) is 1. The molecule has 2 heterocycles. The Morgan fingerprint density at radius 2 is 1.90 bits per heavy atom. The molecule has 0 amide bonds. The normalized spacial score (nSPS) is 10.5. The highest BCUT2D eigenvalue weighted by Crippen LogP contribution is 2.22. The van der Waals surface area contributed by atoms with Crippen molar-refractivity contribution in [3.8, 4) is 17.1 Å². The van der Waals surface area contributed by atoms with Crippen molar-refractivity contribution >= 4 is 5.97 Å². The molecule has 0 atom stereocenters. The zero-order valence-electron chi connectivity index (χ0n) is 11.4. The molecule has 0 saturated carbocycles. The van der Waals surface area contributed by atoms with Gasteiger partial charge in [-0.2, -0.15) is 0 Å². The van der Waals surface area contributed by atoms with Crippen molar-refractivity contribution in [3.63, 3.8) is 0 Å². The van der Waals surface area contributed by atoms with E-state index in [0.717, 1.165) is 16.9 Å². The van der Waals surface area contributed by atoms with E-state index < -0.39 is 5.97 Å². The maximum absolute atomic E-state index is 11.2. The Morgan fingerprint density at radius 3 is 2.52 bits per heavy atom. The maximum atomic E-state index is 11.2. The second kappa shape index (κ2) is 5.20. The number of benzene rings is 1. The summed E-state index contributed by atoms with van der Waals surface area (Å²) in [5.41, 5.74) is 2.54. The summed E-state index contributed by atoms with van der Waals surface area (Å²) < 4.78 is 1.76. The van der Waals surface area contributed by atoms with Gasteiger partial charge in [0, 0.05) is 29.3 Å². The molecule has 0 aliphatic carbocycles. The number of carbonyl (C=O) groups is 1. The zero-order valence-corrected chi connectivity index (χ0v) is 11.4. The molecule has 0 saturated heterocycles. The van der Waals surface area contributed by atoms with Gasteiger partial charge in [-0.25, -0.2) is 9.78 Å². The van der Waals surface area contributed by atoms with Crippen LogP contribution in [0.2, 0.25) is 0 Å². The summed E-state index contributed by atoms with van der Waals surface area (Å²) in [6.45, 7) is 1.90. The van der Waals surface area contributed by atoms with E-state index in [0.29, 0.717) is 5.82 Å². The van der Waals surface area contributed by atoms with Gasteiger partial charge < -0.3 is 5.11 Å². The Hall–Kier alpha value is -2.95. The van der Waals surface area contributed by atoms with Crippen LogP contribution in [0.3, 0.4) is 0 Å². The first-order valence-corrected chi connectivity index (χ1v) is 6.46. The molecule has 0 unspecified atom stereocenters. The van der Waals surface area contributed by atoms with Crippen molar-refractivity contribution in [2.75, 3.05) is 0 Å². The van der Waals surface area contributed by atoms with Gasteiger partial charge in [0.1, 0.15) is 5.82 Å². The summed E-state index contributed by atoms with van der Waals surface area (Å²) in [5.74, 6) is -0.489. The number of imidazole rings is 1. The number of hydrogen-bond donors (Lipinski definition) is 1. The van der Waals surface area contributed by atoms with Gasteiger partial charge in [0.25, 0.3) is 0 Å². The fourth-order valence-corrected chi connectivity index (χ4v) is 2.07. The summed E-state index contributed by atoms with van der Waals surface area (Å²) in [5, 5.41) is 9.17. The minimum Gasteiger partial charge on any atom is -0.476 e. The van der Waals surface area contributed by atoms with Gasteiger partial charge in [0.15, 0.2) is 5.69 Å². The van der Waals surface area contributed by atoms with Crippen molar-refractivity contribution in [2.24, 2.45) is 0 Å². The topological polar surface area (TPSA) is 68.0 Å². The summed E-state index contributed by atoms with van der Waals surface area (Å²) in [6.07, 6.45) is 3.22. The summed E-state index contributed by atoms with van der Waals surface area (Å²) in [4.78, 5) is 19.6. The second-order valence-electron chi connectivity index (χ2n) is 4.65. The van der Waals surface area contributed by atoms with Gasteiger partial charge in [-0.15, -0.1) is 0 Å². The van der Waals surface area contributed by atoms with Crippen LogP contribution in [0, 0.1) is 6.92 Å². The molecule has 1 aromatic carbocycles. The molecular weight excluding hydrogens is 266 g/mol. The molecule has 21 heavy (non-hydrogen) atoms. The van der Waals surface area contributed by atoms with Crippen molar-refractivity contribution in [3.05, 3.63) is 66.2 Å². The largest absolute Gasteiger partial charge is 0.476 e. The van der Waals surface area contributed by atoms with E-state index >= 15 is 0 Å². The molecule has 5 heteroatoms. The molecule has 3 aromatic rings. The lowest BCUT2D eigenvalue weighted by Gasteiger charge is -2.07. The Kier molecular flexibility index (Phi) is 3.23. The SMILES string of the molecule is Cc1ccc(-c2nc(C(=O)O)cn2-c2ccccc2)cn1. The Labute approximate surface area is 121 Å². The van der Waals surface area contributed by atoms with Crippen LogP contribution < -0.4 is 0 Å². The molecule has 0 aliphatic rings. The van der Waals surface area contributed by atoms with Crippen molar-refractivity contribution in [1.82, 2.24) is 14.5 Å². The van der Waals surface area contributed by atoms with Crippen molar-refractivity contribution < 1.29 is 9.90 Å². The van der Waals surface area contributed by atoms with Crippen LogP contribution in [-0.4, -0.2) is 25.6 Å². The fraction of sp³-hybridized carbons (Fsp3) is 0.0625. The number of aryl methyl sites for hydroxylation is 1. The first-order valence-electron chi connectivity index (χ1n) is 6.46. The van der Waals surface area contributed by atoms with Crippen molar-refractivity contribution in [1.29, 1.82) is 0 Å². The number of aromatic nitrogens is 3. The third kappa shape index (κ3) is 2.53. The van der Waals surface area contributed by atoms with E-state index in [1.807, 2.05) is 49.4 Å². The van der Waals surface area contributed by atoms with E-state index in [1.54, 1.807) is 10.8 Å². The van der Waals surface area contributed by atoms with Gasteiger partial charge >= 0.3 is 5.97 Å². The Morgan fingerprint density at radius 1 is 1.14 bits per heavy atom. The van der Waals surface area contributed by atoms with E-state index in [1.165, 1.54) is 6.20 Å². The third-order valence-corrected chi connectivity index (χ3v) is 3.13. The van der Waals surface area contributed by atoms with Crippen LogP contribution >= 0.6 is 0 Å². The predicted octanol–water partition coefficient (Wildman–Crippen LogP) is 2.94. The predicted molar refractivity (Wildman–Crippen MR) is 78.5 cm³/mol. The molecule has 5 nitrogen and oxygen atoms in total. The highest BCUT2D eigenvalue weighted by Gasteiger charge is 2.15. The number of para-hydroxylation sites is 1. The molecular formula is C16H13N3O2.